The van der Waals surface area contributed by atoms with Crippen LogP contribution in [0.5, 0.6) is 5.75 Å². The first-order valence-corrected chi connectivity index (χ1v) is 9.68. The van der Waals surface area contributed by atoms with Gasteiger partial charge >= 0.3 is 6.18 Å². The molecule has 0 saturated carbocycles. The third-order valence-electron chi connectivity index (χ3n) is 5.16. The van der Waals surface area contributed by atoms with Gasteiger partial charge in [-0.3, -0.25) is 9.69 Å². The average Bonchev–Trinajstić information content (AvgIpc) is 2.69. The Bertz CT molecular complexity index is 794. The molecule has 3 rings (SSSR count). The number of nitrogens with one attached hydrogen (secondary N) is 1. The van der Waals surface area contributed by atoms with E-state index >= 15 is 0 Å². The van der Waals surface area contributed by atoms with Crippen LogP contribution in [-0.2, 0) is 17.5 Å². The number of hydrogen-bond donors (Lipinski definition) is 1. The summed E-state index contributed by atoms with van der Waals surface area (Å²) in [7, 11) is 0. The van der Waals surface area contributed by atoms with Crippen LogP contribution in [0, 0.1) is 0 Å². The molecule has 1 heterocycles. The topological polar surface area (TPSA) is 41.6 Å². The number of nitrogens with zero attached hydrogens (tertiary/aromatic N) is 1. The molecule has 0 bridgehead atoms. The first-order valence-electron chi connectivity index (χ1n) is 9.68. The van der Waals surface area contributed by atoms with Gasteiger partial charge in [-0.05, 0) is 49.6 Å². The third kappa shape index (κ3) is 6.22. The summed E-state index contributed by atoms with van der Waals surface area (Å²) in [6.07, 6.45) is -2.69. The van der Waals surface area contributed by atoms with Crippen LogP contribution in [0.15, 0.2) is 54.6 Å². The maximum Gasteiger partial charge on any atom is 0.416 e. The van der Waals surface area contributed by atoms with Gasteiger partial charge in [-0.1, -0.05) is 30.3 Å². The summed E-state index contributed by atoms with van der Waals surface area (Å²) < 4.78 is 43.0. The van der Waals surface area contributed by atoms with E-state index < -0.39 is 11.7 Å². The minimum absolute atomic E-state index is 0.0701. The Labute approximate surface area is 168 Å². The van der Waals surface area contributed by atoms with E-state index in [2.05, 4.69) is 29.3 Å². The Kier molecular flexibility index (Phi) is 6.79. The molecular weight excluding hydrogens is 381 g/mol. The zero-order chi connectivity index (χ0) is 20.9. The van der Waals surface area contributed by atoms with Crippen LogP contribution < -0.4 is 10.1 Å². The first kappa shape index (κ1) is 21.2. The van der Waals surface area contributed by atoms with Crippen molar-refractivity contribution >= 4 is 5.91 Å². The summed E-state index contributed by atoms with van der Waals surface area (Å²) in [6, 6.07) is 15.0. The maximum absolute atomic E-state index is 12.6. The van der Waals surface area contributed by atoms with E-state index in [4.69, 9.17) is 4.74 Å². The highest BCUT2D eigenvalue weighted by atomic mass is 19.4. The molecule has 0 aliphatic carbocycles. The fraction of sp³-hybridized carbons (Fsp3) is 0.409. The molecule has 1 N–H and O–H groups in total. The molecule has 0 unspecified atom stereocenters. The Morgan fingerprint density at radius 2 is 1.83 bits per heavy atom. The van der Waals surface area contributed by atoms with Gasteiger partial charge in [0.05, 0.1) is 5.56 Å². The molecule has 1 aliphatic rings. The number of likely N-dealkylation sites (tertiary alicyclic amines) is 1. The summed E-state index contributed by atoms with van der Waals surface area (Å²) in [5, 5.41) is 2.97. The molecule has 1 saturated heterocycles. The molecule has 156 valence electrons. The molecular formula is C22H25F3N2O2. The Morgan fingerprint density at radius 3 is 2.45 bits per heavy atom. The lowest BCUT2D eigenvalue weighted by molar-refractivity contribution is -0.137. The van der Waals surface area contributed by atoms with Crippen LogP contribution in [0.4, 0.5) is 13.2 Å². The number of halogens is 3. The maximum atomic E-state index is 12.6. The molecule has 2 aromatic carbocycles. The standard InChI is InChI=1S/C22H25F3N2O2/c1-16-13-19(11-12-27(16)14-17-5-3-2-4-6-17)26-21(28)15-29-20-9-7-18(8-10-20)22(23,24)25/h2-10,16,19H,11-15H2,1H3,(H,26,28)/t16-,19-/m0/s1. The van der Waals surface area contributed by atoms with E-state index in [-0.39, 0.29) is 24.3 Å². The van der Waals surface area contributed by atoms with E-state index in [1.54, 1.807) is 0 Å². The van der Waals surface area contributed by atoms with Crippen LogP contribution >= 0.6 is 0 Å². The second kappa shape index (κ2) is 9.31. The second-order valence-corrected chi connectivity index (χ2v) is 7.40. The first-order chi connectivity index (χ1) is 13.8. The van der Waals surface area contributed by atoms with Gasteiger partial charge in [0.2, 0.25) is 0 Å². The van der Waals surface area contributed by atoms with Gasteiger partial charge in [0.25, 0.3) is 5.91 Å². The van der Waals surface area contributed by atoms with Crippen LogP contribution in [0.3, 0.4) is 0 Å². The van der Waals surface area contributed by atoms with Crippen molar-refractivity contribution in [3.8, 4) is 5.75 Å². The highest BCUT2D eigenvalue weighted by Crippen LogP contribution is 2.30. The number of alkyl halides is 3. The lowest BCUT2D eigenvalue weighted by Crippen LogP contribution is -2.49. The van der Waals surface area contributed by atoms with Crippen molar-refractivity contribution in [3.63, 3.8) is 0 Å². The quantitative estimate of drug-likeness (QED) is 0.780. The Hall–Kier alpha value is -2.54. The van der Waals surface area contributed by atoms with Gasteiger partial charge in [0, 0.05) is 25.2 Å². The summed E-state index contributed by atoms with van der Waals surface area (Å²) >= 11 is 0. The summed E-state index contributed by atoms with van der Waals surface area (Å²) in [4.78, 5) is 14.6. The van der Waals surface area contributed by atoms with Crippen LogP contribution in [0.1, 0.15) is 30.9 Å². The SMILES string of the molecule is C[C@H]1C[C@@H](NC(=O)COc2ccc(C(F)(F)F)cc2)CCN1Cc1ccccc1. The predicted octanol–water partition coefficient (Wildman–Crippen LogP) is 4.25. The number of amides is 1. The van der Waals surface area contributed by atoms with Crippen molar-refractivity contribution in [2.24, 2.45) is 0 Å². The lowest BCUT2D eigenvalue weighted by Gasteiger charge is -2.38. The number of rotatable bonds is 6. The molecule has 29 heavy (non-hydrogen) atoms. The predicted molar refractivity (Wildman–Crippen MR) is 104 cm³/mol. The minimum Gasteiger partial charge on any atom is -0.484 e. The van der Waals surface area contributed by atoms with Gasteiger partial charge in [-0.25, -0.2) is 0 Å². The number of hydrogen-bond acceptors (Lipinski definition) is 3. The number of carbonyl (C=O) groups is 1. The summed E-state index contributed by atoms with van der Waals surface area (Å²) in [5.41, 5.74) is 0.525. The van der Waals surface area contributed by atoms with Crippen molar-refractivity contribution in [3.05, 3.63) is 65.7 Å². The molecule has 2 atom stereocenters. The van der Waals surface area contributed by atoms with E-state index in [9.17, 15) is 18.0 Å². The largest absolute Gasteiger partial charge is 0.484 e. The summed E-state index contributed by atoms with van der Waals surface area (Å²) in [5.74, 6) is -0.0298. The molecule has 1 fully saturated rings. The number of carbonyl (C=O) groups excluding carboxylic acids is 1. The number of benzene rings is 2. The van der Waals surface area contributed by atoms with Crippen LogP contribution in [-0.4, -0.2) is 36.0 Å². The van der Waals surface area contributed by atoms with Crippen molar-refractivity contribution < 1.29 is 22.7 Å². The molecule has 4 nitrogen and oxygen atoms in total. The Balaban J connectivity index is 1.42. The zero-order valence-corrected chi connectivity index (χ0v) is 16.3. The van der Waals surface area contributed by atoms with E-state index in [1.807, 2.05) is 18.2 Å². The van der Waals surface area contributed by atoms with Crippen molar-refractivity contribution in [1.82, 2.24) is 10.2 Å². The molecule has 1 aliphatic heterocycles. The highest BCUT2D eigenvalue weighted by Gasteiger charge is 2.30. The van der Waals surface area contributed by atoms with Crippen molar-refractivity contribution in [2.45, 2.75) is 44.6 Å². The fourth-order valence-corrected chi connectivity index (χ4v) is 3.56. The van der Waals surface area contributed by atoms with Crippen LogP contribution in [0.2, 0.25) is 0 Å². The van der Waals surface area contributed by atoms with E-state index in [1.165, 1.54) is 17.7 Å². The normalized spacial score (nSPS) is 20.3. The third-order valence-corrected chi connectivity index (χ3v) is 5.16. The second-order valence-electron chi connectivity index (χ2n) is 7.40. The smallest absolute Gasteiger partial charge is 0.416 e. The Morgan fingerprint density at radius 1 is 1.14 bits per heavy atom. The molecule has 0 radical (unpaired) electrons. The molecule has 2 aromatic rings. The zero-order valence-electron chi connectivity index (χ0n) is 16.3. The number of piperidine rings is 1. The van der Waals surface area contributed by atoms with Gasteiger partial charge in [0.1, 0.15) is 5.75 Å². The molecule has 0 spiro atoms. The average molecular weight is 406 g/mol. The van der Waals surface area contributed by atoms with E-state index in [0.717, 1.165) is 38.1 Å². The molecule has 1 amide bonds. The fourth-order valence-electron chi connectivity index (χ4n) is 3.56. The van der Waals surface area contributed by atoms with Gasteiger partial charge in [-0.15, -0.1) is 0 Å². The van der Waals surface area contributed by atoms with Gasteiger partial charge in [0.15, 0.2) is 6.61 Å². The number of ether oxygens (including phenoxy) is 1. The molecule has 7 heteroatoms. The monoisotopic (exact) mass is 406 g/mol. The summed E-state index contributed by atoms with van der Waals surface area (Å²) in [6.45, 7) is 3.71. The minimum atomic E-state index is -4.39. The highest BCUT2D eigenvalue weighted by molar-refractivity contribution is 5.77. The van der Waals surface area contributed by atoms with Gasteiger partial charge in [-0.2, -0.15) is 13.2 Å². The molecule has 0 aromatic heterocycles. The lowest BCUT2D eigenvalue weighted by atomic mass is 9.97. The van der Waals surface area contributed by atoms with E-state index in [0.29, 0.717) is 6.04 Å². The van der Waals surface area contributed by atoms with Crippen LogP contribution in [0.25, 0.3) is 0 Å². The van der Waals surface area contributed by atoms with Crippen molar-refractivity contribution in [2.75, 3.05) is 13.2 Å². The van der Waals surface area contributed by atoms with Crippen molar-refractivity contribution in [1.29, 1.82) is 0 Å². The van der Waals surface area contributed by atoms with Gasteiger partial charge < -0.3 is 10.1 Å².